The lowest BCUT2D eigenvalue weighted by Crippen LogP contribution is -2.36. The van der Waals surface area contributed by atoms with Gasteiger partial charge in [-0.15, -0.1) is 0 Å². The normalized spacial score (nSPS) is 15.4. The maximum Gasteiger partial charge on any atom is 0.256 e. The number of carbonyl (C=O) groups excluding carboxylic acids is 1. The molecule has 0 saturated heterocycles. The van der Waals surface area contributed by atoms with Crippen molar-refractivity contribution in [3.8, 4) is 0 Å². The van der Waals surface area contributed by atoms with Gasteiger partial charge in [-0.1, -0.05) is 18.9 Å². The minimum atomic E-state index is -0.290. The van der Waals surface area contributed by atoms with Crippen molar-refractivity contribution in [3.05, 3.63) is 40.2 Å². The molecule has 0 spiro atoms. The van der Waals surface area contributed by atoms with E-state index in [2.05, 4.69) is 5.32 Å². The predicted octanol–water partition coefficient (Wildman–Crippen LogP) is 2.84. The molecule has 5 heteroatoms. The Balaban J connectivity index is 2.13. The molecule has 0 unspecified atom stereocenters. The Hall–Kier alpha value is -2.30. The topological polar surface area (TPSA) is 77.1 Å². The van der Waals surface area contributed by atoms with Crippen molar-refractivity contribution in [2.24, 2.45) is 0 Å². The molecule has 1 aliphatic carbocycles. The van der Waals surface area contributed by atoms with Crippen LogP contribution in [0.25, 0.3) is 10.9 Å². The van der Waals surface area contributed by atoms with E-state index in [9.17, 15) is 9.59 Å². The van der Waals surface area contributed by atoms with Crippen molar-refractivity contribution in [3.63, 3.8) is 0 Å². The number of hydrogen-bond donors (Lipinski definition) is 2. The van der Waals surface area contributed by atoms with Gasteiger partial charge in [-0.2, -0.15) is 0 Å². The molecule has 0 aliphatic heterocycles. The Morgan fingerprint density at radius 1 is 1.30 bits per heavy atom. The van der Waals surface area contributed by atoms with Crippen LogP contribution in [0.4, 0.5) is 5.69 Å². The Labute approximate surface area is 135 Å². The number of nitrogens with zero attached hydrogens (tertiary/aromatic N) is 1. The number of carbonyl (C=O) groups is 1. The number of nitrogens with one attached hydrogen (secondary N) is 1. The first-order chi connectivity index (χ1) is 11.0. The maximum absolute atomic E-state index is 12.8. The van der Waals surface area contributed by atoms with E-state index in [1.165, 1.54) is 0 Å². The molecule has 1 amide bonds. The van der Waals surface area contributed by atoms with Gasteiger partial charge in [-0.05, 0) is 38.8 Å². The summed E-state index contributed by atoms with van der Waals surface area (Å²) in [6.45, 7) is 4.04. The molecule has 23 heavy (non-hydrogen) atoms. The van der Waals surface area contributed by atoms with E-state index in [0.717, 1.165) is 31.2 Å². The highest BCUT2D eigenvalue weighted by molar-refractivity contribution is 6.00. The molecule has 1 aromatic carbocycles. The average molecular weight is 313 g/mol. The van der Waals surface area contributed by atoms with E-state index in [-0.39, 0.29) is 29.0 Å². The van der Waals surface area contributed by atoms with Crippen molar-refractivity contribution in [2.45, 2.75) is 51.6 Å². The number of pyridine rings is 1. The number of aromatic nitrogens is 1. The molecule has 1 heterocycles. The average Bonchev–Trinajstić information content (AvgIpc) is 3.00. The second-order valence-corrected chi connectivity index (χ2v) is 6.57. The summed E-state index contributed by atoms with van der Waals surface area (Å²) in [5, 5.41) is 3.42. The molecule has 122 valence electrons. The number of amides is 1. The Kier molecular flexibility index (Phi) is 4.11. The Morgan fingerprint density at radius 2 is 2.00 bits per heavy atom. The fourth-order valence-corrected chi connectivity index (χ4v) is 3.34. The minimum Gasteiger partial charge on any atom is -0.398 e. The summed E-state index contributed by atoms with van der Waals surface area (Å²) in [5.74, 6) is -0.290. The number of fused-ring (bicyclic) bond motifs is 1. The summed E-state index contributed by atoms with van der Waals surface area (Å²) in [5.41, 5.74) is 7.08. The first-order valence-corrected chi connectivity index (χ1v) is 8.23. The highest BCUT2D eigenvalue weighted by atomic mass is 16.2. The lowest BCUT2D eigenvalue weighted by molar-refractivity contribution is 0.0936. The zero-order valence-electron chi connectivity index (χ0n) is 13.6. The highest BCUT2D eigenvalue weighted by Crippen LogP contribution is 2.22. The largest absolute Gasteiger partial charge is 0.398 e. The Bertz CT molecular complexity index is 802. The molecule has 2 aromatic rings. The van der Waals surface area contributed by atoms with E-state index in [1.54, 1.807) is 12.3 Å². The van der Waals surface area contributed by atoms with Crippen molar-refractivity contribution in [1.29, 1.82) is 0 Å². The van der Waals surface area contributed by atoms with Crippen LogP contribution >= 0.6 is 0 Å². The summed E-state index contributed by atoms with van der Waals surface area (Å²) >= 11 is 0. The molecule has 0 atom stereocenters. The van der Waals surface area contributed by atoms with Crippen LogP contribution in [-0.4, -0.2) is 16.5 Å². The number of rotatable bonds is 3. The molecule has 1 aromatic heterocycles. The van der Waals surface area contributed by atoms with Crippen LogP contribution < -0.4 is 16.5 Å². The summed E-state index contributed by atoms with van der Waals surface area (Å²) in [6, 6.07) is 5.70. The van der Waals surface area contributed by atoms with E-state index in [1.807, 2.05) is 30.5 Å². The third-order valence-corrected chi connectivity index (χ3v) is 4.58. The van der Waals surface area contributed by atoms with Gasteiger partial charge in [0.15, 0.2) is 0 Å². The van der Waals surface area contributed by atoms with Crippen molar-refractivity contribution in [1.82, 2.24) is 9.88 Å². The first-order valence-electron chi connectivity index (χ1n) is 8.23. The van der Waals surface area contributed by atoms with Gasteiger partial charge in [0.25, 0.3) is 5.91 Å². The van der Waals surface area contributed by atoms with Crippen molar-refractivity contribution >= 4 is 22.5 Å². The highest BCUT2D eigenvalue weighted by Gasteiger charge is 2.22. The number of anilines is 1. The van der Waals surface area contributed by atoms with Crippen LogP contribution in [-0.2, 0) is 0 Å². The van der Waals surface area contributed by atoms with E-state index in [0.29, 0.717) is 11.1 Å². The van der Waals surface area contributed by atoms with E-state index >= 15 is 0 Å². The third-order valence-electron chi connectivity index (χ3n) is 4.58. The van der Waals surface area contributed by atoms with Gasteiger partial charge in [-0.3, -0.25) is 9.59 Å². The SMILES string of the molecule is CC(C)n1cc(C(=O)NC2CCCC2)c(=O)c2c(N)cccc21. The molecule has 0 bridgehead atoms. The van der Waals surface area contributed by atoms with E-state index in [4.69, 9.17) is 5.73 Å². The van der Waals surface area contributed by atoms with Crippen LogP contribution in [0.15, 0.2) is 29.2 Å². The molecule has 1 saturated carbocycles. The third kappa shape index (κ3) is 2.83. The molecule has 0 radical (unpaired) electrons. The number of nitrogens with two attached hydrogens (primary N) is 1. The lowest BCUT2D eigenvalue weighted by atomic mass is 10.1. The molecule has 1 fully saturated rings. The van der Waals surface area contributed by atoms with Crippen LogP contribution in [0.1, 0.15) is 55.9 Å². The van der Waals surface area contributed by atoms with Crippen LogP contribution in [0.2, 0.25) is 0 Å². The predicted molar refractivity (Wildman–Crippen MR) is 92.7 cm³/mol. The van der Waals surface area contributed by atoms with Crippen LogP contribution in [0.5, 0.6) is 0 Å². The molecule has 5 nitrogen and oxygen atoms in total. The maximum atomic E-state index is 12.8. The van der Waals surface area contributed by atoms with Gasteiger partial charge in [-0.25, -0.2) is 0 Å². The monoisotopic (exact) mass is 313 g/mol. The van der Waals surface area contributed by atoms with E-state index < -0.39 is 0 Å². The standard InChI is InChI=1S/C18H23N3O2/c1-11(2)21-10-13(18(23)20-12-6-3-4-7-12)17(22)16-14(19)8-5-9-15(16)21/h5,8-12H,3-4,6-7,19H2,1-2H3,(H,20,23). The van der Waals surface area contributed by atoms with Crippen molar-refractivity contribution < 1.29 is 4.79 Å². The molecule has 3 rings (SSSR count). The smallest absolute Gasteiger partial charge is 0.256 e. The van der Waals surface area contributed by atoms with Crippen molar-refractivity contribution in [2.75, 3.05) is 5.73 Å². The quantitative estimate of drug-likeness (QED) is 0.855. The van der Waals surface area contributed by atoms with Gasteiger partial charge in [0.1, 0.15) is 5.56 Å². The first kappa shape index (κ1) is 15.6. The van der Waals surface area contributed by atoms with Gasteiger partial charge in [0, 0.05) is 24.0 Å². The summed E-state index contributed by atoms with van der Waals surface area (Å²) in [4.78, 5) is 25.4. The number of nitrogen functional groups attached to an aromatic ring is 1. The molecular weight excluding hydrogens is 290 g/mol. The second-order valence-electron chi connectivity index (χ2n) is 6.57. The van der Waals surface area contributed by atoms with Gasteiger partial charge in [0.2, 0.25) is 5.43 Å². The molecule has 3 N–H and O–H groups in total. The zero-order valence-corrected chi connectivity index (χ0v) is 13.6. The van der Waals surface area contributed by atoms with Gasteiger partial charge >= 0.3 is 0 Å². The molecule has 1 aliphatic rings. The fraction of sp³-hybridized carbons (Fsp3) is 0.444. The van der Waals surface area contributed by atoms with Crippen LogP contribution in [0.3, 0.4) is 0 Å². The van der Waals surface area contributed by atoms with Gasteiger partial charge < -0.3 is 15.6 Å². The van der Waals surface area contributed by atoms with Crippen LogP contribution in [0, 0.1) is 0 Å². The zero-order chi connectivity index (χ0) is 16.6. The number of hydrogen-bond acceptors (Lipinski definition) is 3. The summed E-state index contributed by atoms with van der Waals surface area (Å²) in [6.07, 6.45) is 5.90. The lowest BCUT2D eigenvalue weighted by Gasteiger charge is -2.18. The summed E-state index contributed by atoms with van der Waals surface area (Å²) < 4.78 is 1.94. The second kappa shape index (κ2) is 6.07. The summed E-state index contributed by atoms with van der Waals surface area (Å²) in [7, 11) is 0. The Morgan fingerprint density at radius 3 is 2.65 bits per heavy atom. The molecular formula is C18H23N3O2. The number of benzene rings is 1. The van der Waals surface area contributed by atoms with Gasteiger partial charge in [0.05, 0.1) is 10.9 Å². The minimum absolute atomic E-state index is 0.123. The fourth-order valence-electron chi connectivity index (χ4n) is 3.34.